The smallest absolute Gasteiger partial charge is 0.189 e. The highest BCUT2D eigenvalue weighted by molar-refractivity contribution is 8.32. The zero-order valence-corrected chi connectivity index (χ0v) is 22.6. The third kappa shape index (κ3) is 6.09. The van der Waals surface area contributed by atoms with Crippen molar-refractivity contribution in [1.29, 1.82) is 5.26 Å². The monoisotopic (exact) mass is 524 g/mol. The van der Waals surface area contributed by atoms with E-state index in [0.717, 1.165) is 5.75 Å². The molecule has 0 fully saturated rings. The summed E-state index contributed by atoms with van der Waals surface area (Å²) in [5, 5.41) is 11.5. The molecular weight excluding hydrogens is 496 g/mol. The number of aromatic nitrogens is 3. The van der Waals surface area contributed by atoms with Crippen LogP contribution in [0.25, 0.3) is 22.3 Å². The Labute approximate surface area is 210 Å². The van der Waals surface area contributed by atoms with Crippen molar-refractivity contribution >= 4 is 44.4 Å². The summed E-state index contributed by atoms with van der Waals surface area (Å²) in [7, 11) is 2.42. The summed E-state index contributed by atoms with van der Waals surface area (Å²) in [5.41, 5.74) is 2.19. The maximum Gasteiger partial charge on any atom is 0.189 e. The molecule has 0 aliphatic rings. The molecule has 0 spiro atoms. The molecule has 3 rings (SSSR count). The molecule has 0 atom stereocenters. The fourth-order valence-electron chi connectivity index (χ4n) is 3.22. The summed E-state index contributed by atoms with van der Waals surface area (Å²) in [4.78, 5) is 9.40. The van der Waals surface area contributed by atoms with Gasteiger partial charge in [0.15, 0.2) is 23.4 Å². The third-order valence-electron chi connectivity index (χ3n) is 4.91. The van der Waals surface area contributed by atoms with Crippen molar-refractivity contribution < 1.29 is 18.9 Å². The van der Waals surface area contributed by atoms with Gasteiger partial charge in [-0.25, -0.2) is 20.0 Å². The van der Waals surface area contributed by atoms with Gasteiger partial charge in [0.05, 0.1) is 35.4 Å². The number of nitrogens with zero attached hydrogens (tertiary/aromatic N) is 4. The van der Waals surface area contributed by atoms with E-state index in [2.05, 4.69) is 29.8 Å². The van der Waals surface area contributed by atoms with Gasteiger partial charge in [0.25, 0.3) is 0 Å². The van der Waals surface area contributed by atoms with Crippen LogP contribution >= 0.6 is 33.4 Å². The Balaban J connectivity index is 2.13. The number of thioether (sulfide) groups is 1. The second-order valence-electron chi connectivity index (χ2n) is 8.25. The van der Waals surface area contributed by atoms with E-state index in [9.17, 15) is 5.26 Å². The van der Waals surface area contributed by atoms with E-state index in [1.54, 1.807) is 18.3 Å². The average Bonchev–Trinajstić information content (AvgIpc) is 3.17. The molecule has 0 radical (unpaired) electrons. The van der Waals surface area contributed by atoms with Crippen molar-refractivity contribution in [3.05, 3.63) is 28.9 Å². The van der Waals surface area contributed by atoms with Crippen LogP contribution in [0.4, 0.5) is 0 Å². The molecule has 2 aromatic heterocycles. The maximum atomic E-state index is 9.89. The molecule has 0 aliphatic carbocycles. The number of nitriles is 1. The number of hydrogen-bond acceptors (Lipinski definition) is 8. The lowest BCUT2D eigenvalue weighted by atomic mass is 10.1. The highest BCUT2D eigenvalue weighted by atomic mass is 35.5. The standard InChI is InChI=1S/C23H29ClN4O4S2/c1-29-14-32-19-9-16(17(24)10-18(19)30-2)21-20-15(11-25)12-28(13-31-7-8-34(4,5)6)22(20)27-23(26-21)33-3/h9-10,12H,7-8,13-14H2,1-6H3. The molecule has 1 aromatic carbocycles. The molecule has 0 amide bonds. The van der Waals surface area contributed by atoms with E-state index in [4.69, 9.17) is 35.5 Å². The van der Waals surface area contributed by atoms with Crippen molar-refractivity contribution in [2.75, 3.05) is 58.4 Å². The summed E-state index contributed by atoms with van der Waals surface area (Å²) in [5.74, 6) is 1.92. The van der Waals surface area contributed by atoms with Gasteiger partial charge in [-0.15, -0.1) is 0 Å². The predicted molar refractivity (Wildman–Crippen MR) is 140 cm³/mol. The van der Waals surface area contributed by atoms with E-state index in [0.29, 0.717) is 56.1 Å². The molecular formula is C23H29ClN4O4S2. The summed E-state index contributed by atoms with van der Waals surface area (Å²) < 4.78 is 23.9. The first-order valence-electron chi connectivity index (χ1n) is 10.3. The van der Waals surface area contributed by atoms with Crippen molar-refractivity contribution in [3.8, 4) is 28.8 Å². The van der Waals surface area contributed by atoms with Crippen LogP contribution in [0, 0.1) is 11.3 Å². The maximum absolute atomic E-state index is 9.89. The molecule has 3 aromatic rings. The summed E-state index contributed by atoms with van der Waals surface area (Å²) in [6.07, 6.45) is 10.4. The zero-order chi connectivity index (χ0) is 24.9. The highest BCUT2D eigenvalue weighted by Crippen LogP contribution is 2.41. The molecule has 0 bridgehead atoms. The number of ether oxygens (including phenoxy) is 4. The Morgan fingerprint density at radius 3 is 2.56 bits per heavy atom. The molecule has 2 heterocycles. The van der Waals surface area contributed by atoms with Crippen LogP contribution in [0.2, 0.25) is 5.02 Å². The van der Waals surface area contributed by atoms with Crippen LogP contribution in [-0.2, 0) is 16.2 Å². The van der Waals surface area contributed by atoms with Gasteiger partial charge in [0.1, 0.15) is 18.4 Å². The Bertz CT molecular complexity index is 1200. The quantitative estimate of drug-likeness (QED) is 0.150. The van der Waals surface area contributed by atoms with E-state index >= 15 is 0 Å². The van der Waals surface area contributed by atoms with E-state index in [-0.39, 0.29) is 13.5 Å². The SMILES string of the molecule is COCOc1cc(-c2nc(SC)nc3c2c(C#N)cn3COCCS(C)(C)C)c(Cl)cc1OC. The van der Waals surface area contributed by atoms with Gasteiger partial charge in [-0.05, 0) is 31.1 Å². The van der Waals surface area contributed by atoms with Crippen LogP contribution < -0.4 is 9.47 Å². The van der Waals surface area contributed by atoms with Gasteiger partial charge >= 0.3 is 0 Å². The van der Waals surface area contributed by atoms with Crippen molar-refractivity contribution in [3.63, 3.8) is 0 Å². The van der Waals surface area contributed by atoms with E-state index in [1.165, 1.54) is 26.0 Å². The minimum Gasteiger partial charge on any atom is -0.493 e. The highest BCUT2D eigenvalue weighted by Gasteiger charge is 2.22. The Kier molecular flexibility index (Phi) is 8.95. The second kappa shape index (κ2) is 11.5. The number of hydrogen-bond donors (Lipinski definition) is 0. The van der Waals surface area contributed by atoms with Crippen molar-refractivity contribution in [2.24, 2.45) is 0 Å². The van der Waals surface area contributed by atoms with Gasteiger partial charge in [-0.3, -0.25) is 0 Å². The third-order valence-corrected chi connectivity index (χ3v) is 7.16. The molecule has 0 N–H and O–H groups in total. The van der Waals surface area contributed by atoms with E-state index in [1.807, 2.05) is 10.8 Å². The number of benzene rings is 1. The normalized spacial score (nSPS) is 12.1. The molecule has 0 saturated carbocycles. The minimum absolute atomic E-state index is 0.0418. The van der Waals surface area contributed by atoms with Gasteiger partial charge < -0.3 is 23.5 Å². The van der Waals surface area contributed by atoms with Crippen LogP contribution in [0.3, 0.4) is 0 Å². The minimum atomic E-state index is -0.657. The van der Waals surface area contributed by atoms with Crippen LogP contribution in [0.5, 0.6) is 11.5 Å². The average molecular weight is 525 g/mol. The lowest BCUT2D eigenvalue weighted by molar-refractivity contribution is 0.0492. The molecule has 0 aliphatic heterocycles. The fourth-order valence-corrected chi connectivity index (χ4v) is 4.44. The number of halogens is 1. The topological polar surface area (TPSA) is 91.4 Å². The lowest BCUT2D eigenvalue weighted by Gasteiger charge is -2.24. The zero-order valence-electron chi connectivity index (χ0n) is 20.2. The molecule has 11 heteroatoms. The number of fused-ring (bicyclic) bond motifs is 1. The van der Waals surface area contributed by atoms with Crippen LogP contribution in [-0.4, -0.2) is 72.9 Å². The summed E-state index contributed by atoms with van der Waals surface area (Å²) in [6, 6.07) is 5.67. The predicted octanol–water partition coefficient (Wildman–Crippen LogP) is 5.00. The Hall–Kier alpha value is -2.16. The molecule has 8 nitrogen and oxygen atoms in total. The van der Waals surface area contributed by atoms with Gasteiger partial charge in [0.2, 0.25) is 0 Å². The lowest BCUT2D eigenvalue weighted by Crippen LogP contribution is -2.10. The van der Waals surface area contributed by atoms with E-state index < -0.39 is 10.0 Å². The summed E-state index contributed by atoms with van der Waals surface area (Å²) in [6.45, 7) is 0.967. The Morgan fingerprint density at radius 2 is 1.94 bits per heavy atom. The second-order valence-corrected chi connectivity index (χ2v) is 14.0. The number of methoxy groups -OCH3 is 2. The van der Waals surface area contributed by atoms with Crippen molar-refractivity contribution in [1.82, 2.24) is 14.5 Å². The van der Waals surface area contributed by atoms with Gasteiger partial charge in [-0.1, -0.05) is 23.4 Å². The first kappa shape index (κ1) is 26.4. The molecule has 0 saturated heterocycles. The fraction of sp³-hybridized carbons (Fsp3) is 0.435. The number of rotatable bonds is 11. The van der Waals surface area contributed by atoms with Crippen LogP contribution in [0.15, 0.2) is 23.5 Å². The largest absolute Gasteiger partial charge is 0.493 e. The first-order valence-corrected chi connectivity index (χ1v) is 14.9. The first-order chi connectivity index (χ1) is 16.2. The summed E-state index contributed by atoms with van der Waals surface area (Å²) >= 11 is 8.05. The van der Waals surface area contributed by atoms with Gasteiger partial charge in [0, 0.05) is 30.7 Å². The molecule has 0 unspecified atom stereocenters. The van der Waals surface area contributed by atoms with Crippen LogP contribution in [0.1, 0.15) is 5.56 Å². The Morgan fingerprint density at radius 1 is 1.18 bits per heavy atom. The molecule has 184 valence electrons. The van der Waals surface area contributed by atoms with Crippen molar-refractivity contribution in [2.45, 2.75) is 11.9 Å². The van der Waals surface area contributed by atoms with Gasteiger partial charge in [-0.2, -0.15) is 5.26 Å². The molecule has 34 heavy (non-hydrogen) atoms.